The zero-order valence-electron chi connectivity index (χ0n) is 30.6. The van der Waals surface area contributed by atoms with Crippen molar-refractivity contribution in [1.29, 1.82) is 0 Å². The number of primary amides is 1. The van der Waals surface area contributed by atoms with Crippen LogP contribution in [0.4, 0.5) is 13.2 Å². The van der Waals surface area contributed by atoms with Crippen molar-refractivity contribution in [2.45, 2.75) is 75.8 Å². The van der Waals surface area contributed by atoms with Gasteiger partial charge in [-0.05, 0) is 75.7 Å². The molecule has 4 amide bonds. The molecule has 5 N–H and O–H groups in total. The van der Waals surface area contributed by atoms with Crippen molar-refractivity contribution < 1.29 is 46.0 Å². The number of nitrogens with zero attached hydrogens (tertiary/aromatic N) is 2. The Labute approximate surface area is 329 Å². The third-order valence-electron chi connectivity index (χ3n) is 9.65. The van der Waals surface area contributed by atoms with Crippen molar-refractivity contribution in [1.82, 2.24) is 25.8 Å². The molecule has 0 bridgehead atoms. The van der Waals surface area contributed by atoms with Crippen LogP contribution < -0.4 is 21.7 Å². The first-order valence-electron chi connectivity index (χ1n) is 18.2. The van der Waals surface area contributed by atoms with Crippen molar-refractivity contribution >= 4 is 64.0 Å². The number of hydrogen-bond donors (Lipinski definition) is 4. The average molecular weight is 835 g/mol. The van der Waals surface area contributed by atoms with Crippen LogP contribution in [0.1, 0.15) is 72.2 Å². The lowest BCUT2D eigenvalue weighted by Gasteiger charge is -2.35. The molecule has 4 heterocycles. The number of thiazole rings is 1. The largest absolute Gasteiger partial charge is 0.404 e. The van der Waals surface area contributed by atoms with Gasteiger partial charge in [0.05, 0.1) is 29.0 Å². The number of alkyl halides is 2. The Kier molecular flexibility index (Phi) is 13.0. The number of halogens is 3. The standard InChI is InChI=1S/C37H42F3N6O7PS2/c1-3-52-54(51,53-4-2)37(39,40)22-9-13-29-21(17-22)18-30(55-29)34(49)45-27-19-42-16-15-23-10-12-28(46(23)36(27)50)33(48)44-26(11-14-32(41)47)35-43-20-31(56-35)24-7-5-6-8-25(24)38/h5-9,13,17-18,20,23,26-28,42H,3-4,10-12,14-16,19H2,1-2H3,(H2,41,47)(H,44,48)(H,45,49)/t23-,26+,27+,28+/m1/s1. The van der Waals surface area contributed by atoms with Gasteiger partial charge in [-0.25, -0.2) is 9.37 Å². The highest BCUT2D eigenvalue weighted by molar-refractivity contribution is 7.54. The highest BCUT2D eigenvalue weighted by atomic mass is 32.1. The molecule has 0 saturated carbocycles. The van der Waals surface area contributed by atoms with E-state index in [1.54, 1.807) is 18.2 Å². The highest BCUT2D eigenvalue weighted by Gasteiger charge is 2.55. The molecule has 2 fully saturated rings. The predicted molar refractivity (Wildman–Crippen MR) is 206 cm³/mol. The lowest BCUT2D eigenvalue weighted by atomic mass is 10.1. The smallest absolute Gasteiger partial charge is 0.370 e. The number of rotatable bonds is 15. The Morgan fingerprint density at radius 1 is 1.09 bits per heavy atom. The van der Waals surface area contributed by atoms with E-state index in [4.69, 9.17) is 14.8 Å². The minimum atomic E-state index is -4.86. The topological polar surface area (TPSA) is 182 Å². The Morgan fingerprint density at radius 3 is 2.55 bits per heavy atom. The second-order valence-corrected chi connectivity index (χ2v) is 17.6. The van der Waals surface area contributed by atoms with Crippen molar-refractivity contribution in [2.75, 3.05) is 26.3 Å². The molecule has 56 heavy (non-hydrogen) atoms. The maximum Gasteiger partial charge on any atom is 0.404 e. The maximum absolute atomic E-state index is 15.5. The fourth-order valence-electron chi connectivity index (χ4n) is 6.97. The normalized spacial score (nSPS) is 19.6. The number of aromatic nitrogens is 1. The molecule has 13 nitrogen and oxygen atoms in total. The molecule has 0 aliphatic carbocycles. The maximum atomic E-state index is 15.5. The van der Waals surface area contributed by atoms with E-state index >= 15 is 8.78 Å². The summed E-state index contributed by atoms with van der Waals surface area (Å²) in [6.45, 7) is 2.96. The molecule has 2 aromatic heterocycles. The Bertz CT molecular complexity index is 2140. The van der Waals surface area contributed by atoms with Crippen LogP contribution in [0, 0.1) is 5.82 Å². The van der Waals surface area contributed by atoms with Gasteiger partial charge < -0.3 is 35.6 Å². The van der Waals surface area contributed by atoms with Crippen LogP contribution in [0.5, 0.6) is 0 Å². The number of benzene rings is 2. The predicted octanol–water partition coefficient (Wildman–Crippen LogP) is 6.05. The quantitative estimate of drug-likeness (QED) is 0.104. The lowest BCUT2D eigenvalue weighted by Crippen LogP contribution is -2.60. The lowest BCUT2D eigenvalue weighted by molar-refractivity contribution is -0.142. The Balaban J connectivity index is 1.19. The molecule has 2 saturated heterocycles. The van der Waals surface area contributed by atoms with E-state index in [9.17, 15) is 28.1 Å². The van der Waals surface area contributed by atoms with Crippen LogP contribution in [-0.4, -0.2) is 77.9 Å². The summed E-state index contributed by atoms with van der Waals surface area (Å²) in [4.78, 5) is 60.2. The van der Waals surface area contributed by atoms with E-state index in [1.165, 1.54) is 54.5 Å². The van der Waals surface area contributed by atoms with Gasteiger partial charge in [0.25, 0.3) is 5.91 Å². The van der Waals surface area contributed by atoms with E-state index in [-0.39, 0.29) is 43.5 Å². The van der Waals surface area contributed by atoms with Gasteiger partial charge in [-0.3, -0.25) is 23.7 Å². The molecule has 6 rings (SSSR count). The third-order valence-corrected chi connectivity index (χ3v) is 14.1. The number of fused-ring (bicyclic) bond motifs is 2. The number of thiophene rings is 1. The molecule has 300 valence electrons. The summed E-state index contributed by atoms with van der Waals surface area (Å²) in [7, 11) is -4.86. The van der Waals surface area contributed by atoms with Gasteiger partial charge in [0.2, 0.25) is 17.7 Å². The average Bonchev–Trinajstić information content (AvgIpc) is 3.92. The van der Waals surface area contributed by atoms with Gasteiger partial charge in [-0.15, -0.1) is 22.7 Å². The monoisotopic (exact) mass is 834 g/mol. The Hall–Kier alpha value is -4.19. The first kappa shape index (κ1) is 41.4. The summed E-state index contributed by atoms with van der Waals surface area (Å²) >= 11 is 2.21. The van der Waals surface area contributed by atoms with Crippen LogP contribution in [0.25, 0.3) is 20.5 Å². The SMILES string of the molecule is CCOP(=O)(OCC)C(F)(F)c1ccc2sc(C(=O)N[C@H]3CNCC[C@H]4CC[C@@H](C(=O)N[C@@H](CCC(N)=O)c5ncc(-c6ccccc6F)s5)N4C3=O)cc2c1. The first-order chi connectivity index (χ1) is 26.8. The summed E-state index contributed by atoms with van der Waals surface area (Å²) in [6, 6.07) is 8.28. The van der Waals surface area contributed by atoms with Crippen molar-refractivity contribution in [3.8, 4) is 10.4 Å². The van der Waals surface area contributed by atoms with Gasteiger partial charge in [0.15, 0.2) is 0 Å². The van der Waals surface area contributed by atoms with Gasteiger partial charge >= 0.3 is 13.3 Å². The van der Waals surface area contributed by atoms with Crippen LogP contribution >= 0.6 is 30.3 Å². The summed E-state index contributed by atoms with van der Waals surface area (Å²) in [5, 5.41) is 9.67. The summed E-state index contributed by atoms with van der Waals surface area (Å²) in [5.41, 5.74) is 1.23. The molecule has 0 unspecified atom stereocenters. The minimum Gasteiger partial charge on any atom is -0.370 e. The molecule has 4 atom stereocenters. The number of hydrogen-bond acceptors (Lipinski definition) is 11. The van der Waals surface area contributed by atoms with Crippen molar-refractivity contribution in [3.05, 3.63) is 76.0 Å². The molecule has 19 heteroatoms. The van der Waals surface area contributed by atoms with Crippen LogP contribution in [-0.2, 0) is 33.7 Å². The van der Waals surface area contributed by atoms with E-state index in [2.05, 4.69) is 20.9 Å². The van der Waals surface area contributed by atoms with Gasteiger partial charge in [0.1, 0.15) is 22.9 Å². The van der Waals surface area contributed by atoms with Gasteiger partial charge in [0, 0.05) is 41.0 Å². The van der Waals surface area contributed by atoms with Gasteiger partial charge in [-0.1, -0.05) is 24.3 Å². The van der Waals surface area contributed by atoms with Gasteiger partial charge in [-0.2, -0.15) is 8.78 Å². The van der Waals surface area contributed by atoms with Crippen molar-refractivity contribution in [2.24, 2.45) is 5.73 Å². The number of nitrogens with one attached hydrogen (secondary N) is 3. The number of amides is 4. The summed E-state index contributed by atoms with van der Waals surface area (Å²) < 4.78 is 68.9. The fraction of sp³-hybridized carbons (Fsp3) is 0.432. The second-order valence-electron chi connectivity index (χ2n) is 13.4. The second kappa shape index (κ2) is 17.5. The number of carbonyl (C=O) groups is 4. The van der Waals surface area contributed by atoms with E-state index in [0.29, 0.717) is 51.3 Å². The highest BCUT2D eigenvalue weighted by Crippen LogP contribution is 2.67. The summed E-state index contributed by atoms with van der Waals surface area (Å²) in [6.07, 6.45) is 3.04. The number of nitrogens with two attached hydrogens (primary N) is 1. The molecule has 2 aliphatic rings. The fourth-order valence-corrected chi connectivity index (χ4v) is 10.5. The van der Waals surface area contributed by atoms with E-state index < -0.39 is 66.4 Å². The molecule has 0 radical (unpaired) electrons. The molecular weight excluding hydrogens is 793 g/mol. The minimum absolute atomic E-state index is 0.0575. The zero-order valence-corrected chi connectivity index (χ0v) is 33.1. The van der Waals surface area contributed by atoms with Crippen molar-refractivity contribution in [3.63, 3.8) is 0 Å². The Morgan fingerprint density at radius 2 is 1.84 bits per heavy atom. The molecule has 0 spiro atoms. The molecule has 2 aliphatic heterocycles. The molecule has 2 aromatic carbocycles. The van der Waals surface area contributed by atoms with Crippen LogP contribution in [0.3, 0.4) is 0 Å². The molecular formula is C37H42F3N6O7PS2. The molecule has 4 aromatic rings. The first-order valence-corrected chi connectivity index (χ1v) is 21.4. The van der Waals surface area contributed by atoms with Crippen LogP contribution in [0.15, 0.2) is 54.7 Å². The van der Waals surface area contributed by atoms with E-state index in [1.807, 2.05) is 0 Å². The van der Waals surface area contributed by atoms with E-state index in [0.717, 1.165) is 23.5 Å². The van der Waals surface area contributed by atoms with Crippen LogP contribution in [0.2, 0.25) is 0 Å². The third kappa shape index (κ3) is 8.70. The summed E-state index contributed by atoms with van der Waals surface area (Å²) in [5.74, 6) is -2.56. The zero-order chi connectivity index (χ0) is 40.2. The number of carbonyl (C=O) groups excluding carboxylic acids is 4.